The van der Waals surface area contributed by atoms with E-state index in [1.807, 2.05) is 25.1 Å². The number of benzene rings is 2. The van der Waals surface area contributed by atoms with E-state index in [1.165, 1.54) is 5.56 Å². The summed E-state index contributed by atoms with van der Waals surface area (Å²) < 4.78 is 0. The highest BCUT2D eigenvalue weighted by Gasteiger charge is 2.22. The quantitative estimate of drug-likeness (QED) is 0.322. The molecule has 0 unspecified atom stereocenters. The Bertz CT molecular complexity index is 1230. The first kappa shape index (κ1) is 32.6. The lowest BCUT2D eigenvalue weighted by Crippen LogP contribution is -2.47. The standard InChI is InChI=1S/C26H29ClN4O3.3ClH/c1-3-4-5-25(32)28-19-8-9-22-20(15-19)21(26(33)34)16-24(29-22)31-12-10-30(11-13-31)23-14-18(27)7-6-17(23)2;;;/h6-9,14-16H,3-5,10-13H2,1-2H3,(H,28,32)(H,33,34);3*1H. The molecular weight excluding hydrogens is 558 g/mol. The van der Waals surface area contributed by atoms with Gasteiger partial charge < -0.3 is 20.2 Å². The Morgan fingerprint density at radius 3 is 2.32 bits per heavy atom. The number of anilines is 3. The van der Waals surface area contributed by atoms with Crippen LogP contribution in [0.15, 0.2) is 42.5 Å². The molecule has 202 valence electrons. The van der Waals surface area contributed by atoms with Crippen molar-refractivity contribution in [2.24, 2.45) is 0 Å². The summed E-state index contributed by atoms with van der Waals surface area (Å²) in [7, 11) is 0. The van der Waals surface area contributed by atoms with E-state index < -0.39 is 5.97 Å². The molecule has 1 aliphatic rings. The molecule has 0 saturated carbocycles. The number of fused-ring (bicyclic) bond motifs is 1. The maximum atomic E-state index is 12.1. The van der Waals surface area contributed by atoms with Crippen molar-refractivity contribution < 1.29 is 14.7 Å². The van der Waals surface area contributed by atoms with Gasteiger partial charge in [-0.3, -0.25) is 4.79 Å². The molecule has 0 bridgehead atoms. The lowest BCUT2D eigenvalue weighted by atomic mass is 10.1. The molecule has 0 atom stereocenters. The molecule has 2 aromatic carbocycles. The number of carboxylic acid groups (broad SMARTS) is 1. The monoisotopic (exact) mass is 588 g/mol. The van der Waals surface area contributed by atoms with Crippen LogP contribution in [0.25, 0.3) is 10.9 Å². The van der Waals surface area contributed by atoms with Crippen LogP contribution in [0, 0.1) is 6.92 Å². The lowest BCUT2D eigenvalue weighted by Gasteiger charge is -2.37. The number of aromatic nitrogens is 1. The van der Waals surface area contributed by atoms with E-state index >= 15 is 0 Å². The summed E-state index contributed by atoms with van der Waals surface area (Å²) in [5.74, 6) is -0.445. The highest BCUT2D eigenvalue weighted by Crippen LogP contribution is 2.29. The summed E-state index contributed by atoms with van der Waals surface area (Å²) in [6.07, 6.45) is 2.20. The number of carbonyl (C=O) groups is 2. The van der Waals surface area contributed by atoms with Crippen LogP contribution < -0.4 is 15.1 Å². The largest absolute Gasteiger partial charge is 0.478 e. The summed E-state index contributed by atoms with van der Waals surface area (Å²) >= 11 is 6.20. The number of hydrogen-bond acceptors (Lipinski definition) is 5. The fourth-order valence-electron chi connectivity index (χ4n) is 4.29. The number of amides is 1. The van der Waals surface area contributed by atoms with Crippen LogP contribution in [0.3, 0.4) is 0 Å². The predicted octanol–water partition coefficient (Wildman–Crippen LogP) is 6.62. The van der Waals surface area contributed by atoms with E-state index in [9.17, 15) is 14.7 Å². The van der Waals surface area contributed by atoms with Crippen LogP contribution in [-0.4, -0.2) is 48.1 Å². The molecule has 1 saturated heterocycles. The average Bonchev–Trinajstić information content (AvgIpc) is 2.83. The molecule has 1 amide bonds. The zero-order valence-electron chi connectivity index (χ0n) is 20.7. The minimum Gasteiger partial charge on any atom is -0.478 e. The van der Waals surface area contributed by atoms with E-state index in [-0.39, 0.29) is 48.7 Å². The fraction of sp³-hybridized carbons (Fsp3) is 0.346. The van der Waals surface area contributed by atoms with Crippen molar-refractivity contribution in [3.05, 3.63) is 58.6 Å². The second kappa shape index (κ2) is 14.5. The topological polar surface area (TPSA) is 85.8 Å². The zero-order chi connectivity index (χ0) is 24.2. The second-order valence-corrected chi connectivity index (χ2v) is 9.06. The molecule has 3 aromatic rings. The van der Waals surface area contributed by atoms with Crippen LogP contribution in [-0.2, 0) is 4.79 Å². The maximum absolute atomic E-state index is 12.1. The number of rotatable bonds is 7. The van der Waals surface area contributed by atoms with Gasteiger partial charge in [-0.15, -0.1) is 37.2 Å². The predicted molar refractivity (Wildman–Crippen MR) is 159 cm³/mol. The molecule has 0 aliphatic carbocycles. The first-order valence-electron chi connectivity index (χ1n) is 11.6. The molecule has 4 rings (SSSR count). The summed E-state index contributed by atoms with van der Waals surface area (Å²) in [6.45, 7) is 7.11. The number of pyridine rings is 1. The number of hydrogen-bond donors (Lipinski definition) is 2. The first-order chi connectivity index (χ1) is 16.4. The highest BCUT2D eigenvalue weighted by molar-refractivity contribution is 6.30. The minimum absolute atomic E-state index is 0. The van der Waals surface area contributed by atoms with E-state index in [4.69, 9.17) is 16.6 Å². The van der Waals surface area contributed by atoms with Crippen LogP contribution in [0.2, 0.25) is 5.02 Å². The van der Waals surface area contributed by atoms with Crippen molar-refractivity contribution in [3.63, 3.8) is 0 Å². The highest BCUT2D eigenvalue weighted by atomic mass is 35.5. The van der Waals surface area contributed by atoms with Crippen molar-refractivity contribution in [3.8, 4) is 0 Å². The van der Waals surface area contributed by atoms with Gasteiger partial charge in [0.25, 0.3) is 0 Å². The molecule has 1 aliphatic heterocycles. The molecule has 1 fully saturated rings. The van der Waals surface area contributed by atoms with E-state index in [0.29, 0.717) is 33.9 Å². The van der Waals surface area contributed by atoms with Gasteiger partial charge in [-0.25, -0.2) is 9.78 Å². The SMILES string of the molecule is CCCCC(=O)Nc1ccc2nc(N3CCN(c4cc(Cl)ccc4C)CC3)cc(C(=O)O)c2c1.Cl.Cl.Cl. The fourth-order valence-corrected chi connectivity index (χ4v) is 4.46. The Morgan fingerprint density at radius 1 is 1.00 bits per heavy atom. The molecule has 2 N–H and O–H groups in total. The Hall–Kier alpha value is -2.45. The van der Waals surface area contributed by atoms with Gasteiger partial charge in [0, 0.05) is 54.4 Å². The normalized spacial score (nSPS) is 12.7. The van der Waals surface area contributed by atoms with Gasteiger partial charge in [0.05, 0.1) is 11.1 Å². The Kier molecular flexibility index (Phi) is 12.7. The number of piperazine rings is 1. The smallest absolute Gasteiger partial charge is 0.336 e. The number of nitrogens with zero attached hydrogens (tertiary/aromatic N) is 3. The first-order valence-corrected chi connectivity index (χ1v) is 12.0. The Labute approximate surface area is 240 Å². The minimum atomic E-state index is -1.02. The summed E-state index contributed by atoms with van der Waals surface area (Å²) in [5.41, 5.74) is 3.65. The summed E-state index contributed by atoms with van der Waals surface area (Å²) in [6, 6.07) is 12.8. The molecule has 2 heterocycles. The van der Waals surface area contributed by atoms with Gasteiger partial charge in [-0.05, 0) is 55.3 Å². The van der Waals surface area contributed by atoms with E-state index in [2.05, 4.69) is 22.0 Å². The van der Waals surface area contributed by atoms with Crippen molar-refractivity contribution in [1.29, 1.82) is 0 Å². The number of nitrogens with one attached hydrogen (secondary N) is 1. The van der Waals surface area contributed by atoms with Crippen LogP contribution >= 0.6 is 48.8 Å². The molecule has 0 radical (unpaired) electrons. The van der Waals surface area contributed by atoms with Crippen molar-refractivity contribution in [2.45, 2.75) is 33.1 Å². The number of aromatic carboxylic acids is 1. The van der Waals surface area contributed by atoms with Gasteiger partial charge in [0.15, 0.2) is 0 Å². The maximum Gasteiger partial charge on any atom is 0.336 e. The van der Waals surface area contributed by atoms with Gasteiger partial charge >= 0.3 is 5.97 Å². The number of unbranched alkanes of at least 4 members (excludes halogenated alkanes) is 1. The summed E-state index contributed by atoms with van der Waals surface area (Å²) in [4.78, 5) is 33.3. The van der Waals surface area contributed by atoms with Gasteiger partial charge in [-0.2, -0.15) is 0 Å². The van der Waals surface area contributed by atoms with Crippen LogP contribution in [0.4, 0.5) is 17.2 Å². The number of carboxylic acids is 1. The molecular formula is C26H32Cl4N4O3. The molecule has 1 aromatic heterocycles. The van der Waals surface area contributed by atoms with Crippen LogP contribution in [0.5, 0.6) is 0 Å². The molecule has 11 heteroatoms. The van der Waals surface area contributed by atoms with E-state index in [0.717, 1.165) is 44.7 Å². The van der Waals surface area contributed by atoms with Crippen molar-refractivity contribution >= 4 is 88.8 Å². The molecule has 37 heavy (non-hydrogen) atoms. The third-order valence-corrected chi connectivity index (χ3v) is 6.42. The zero-order valence-corrected chi connectivity index (χ0v) is 23.9. The summed E-state index contributed by atoms with van der Waals surface area (Å²) in [5, 5.41) is 14.0. The second-order valence-electron chi connectivity index (χ2n) is 8.62. The van der Waals surface area contributed by atoms with Crippen molar-refractivity contribution in [1.82, 2.24) is 4.98 Å². The third kappa shape index (κ3) is 7.77. The van der Waals surface area contributed by atoms with Gasteiger partial charge in [0.2, 0.25) is 5.91 Å². The molecule has 7 nitrogen and oxygen atoms in total. The van der Waals surface area contributed by atoms with Gasteiger partial charge in [-0.1, -0.05) is 31.0 Å². The Balaban J connectivity index is 0.00000228. The van der Waals surface area contributed by atoms with Crippen LogP contribution in [0.1, 0.15) is 42.1 Å². The van der Waals surface area contributed by atoms with E-state index in [1.54, 1.807) is 24.3 Å². The third-order valence-electron chi connectivity index (χ3n) is 6.18. The Morgan fingerprint density at radius 2 is 1.68 bits per heavy atom. The number of halogens is 4. The lowest BCUT2D eigenvalue weighted by molar-refractivity contribution is -0.116. The number of carbonyl (C=O) groups excluding carboxylic acids is 1. The molecule has 0 spiro atoms. The van der Waals surface area contributed by atoms with Crippen molar-refractivity contribution in [2.75, 3.05) is 41.3 Å². The van der Waals surface area contributed by atoms with Gasteiger partial charge in [0.1, 0.15) is 5.82 Å². The number of aryl methyl sites for hydroxylation is 1. The average molecular weight is 590 g/mol.